The van der Waals surface area contributed by atoms with Crippen LogP contribution < -0.4 is 14.4 Å². The molecule has 6 nitrogen and oxygen atoms in total. The molecule has 1 N–H and O–H groups in total. The fourth-order valence-electron chi connectivity index (χ4n) is 3.49. The molecule has 152 valence electrons. The molecule has 0 unspecified atom stereocenters. The van der Waals surface area contributed by atoms with Gasteiger partial charge in [-0.05, 0) is 49.4 Å². The molecule has 0 aliphatic carbocycles. The summed E-state index contributed by atoms with van der Waals surface area (Å²) in [6.45, 7) is 5.17. The van der Waals surface area contributed by atoms with Crippen LogP contribution >= 0.6 is 0 Å². The Labute approximate surface area is 170 Å². The Hall–Kier alpha value is -3.11. The highest BCUT2D eigenvalue weighted by atomic mass is 19.1. The number of nitrogens with one attached hydrogen (secondary N) is 1. The standard InChI is InChI=1S/C22H24FN3O3/c1-16(29-20-6-3-17(14-24)4-7-20)22(27)26-11-9-25(10-12-26)15-18-13-19(23)5-8-21(18)28-2/h3-8,13,16H,9-12,15H2,1-2H3/p+1/t16-/m0/s1. The molecular weight excluding hydrogens is 373 g/mol. The van der Waals surface area contributed by atoms with Crippen molar-refractivity contribution in [3.8, 4) is 17.6 Å². The van der Waals surface area contributed by atoms with E-state index in [1.54, 1.807) is 49.3 Å². The third kappa shape index (κ3) is 5.24. The lowest BCUT2D eigenvalue weighted by molar-refractivity contribution is -0.917. The third-order valence-corrected chi connectivity index (χ3v) is 5.11. The van der Waals surface area contributed by atoms with Gasteiger partial charge in [0.1, 0.15) is 23.9 Å². The van der Waals surface area contributed by atoms with Crippen LogP contribution in [0.15, 0.2) is 42.5 Å². The second kappa shape index (κ2) is 9.39. The largest absolute Gasteiger partial charge is 0.496 e. The fraction of sp³-hybridized carbons (Fsp3) is 0.364. The molecule has 1 amide bonds. The maximum absolute atomic E-state index is 13.6. The summed E-state index contributed by atoms with van der Waals surface area (Å²) < 4.78 is 24.6. The van der Waals surface area contributed by atoms with Crippen molar-refractivity contribution in [3.05, 3.63) is 59.4 Å². The van der Waals surface area contributed by atoms with Gasteiger partial charge in [0.25, 0.3) is 5.91 Å². The lowest BCUT2D eigenvalue weighted by Gasteiger charge is -2.33. The number of hydrogen-bond acceptors (Lipinski definition) is 4. The van der Waals surface area contributed by atoms with E-state index in [0.717, 1.165) is 18.7 Å². The fourth-order valence-corrected chi connectivity index (χ4v) is 3.49. The number of carbonyl (C=O) groups is 1. The Kier molecular flexibility index (Phi) is 6.68. The lowest BCUT2D eigenvalue weighted by atomic mass is 10.1. The van der Waals surface area contributed by atoms with E-state index in [0.29, 0.717) is 36.7 Å². The van der Waals surface area contributed by atoms with E-state index >= 15 is 0 Å². The minimum absolute atomic E-state index is 0.0586. The van der Waals surface area contributed by atoms with E-state index in [1.165, 1.54) is 17.0 Å². The topological polar surface area (TPSA) is 67.0 Å². The number of quaternary nitrogens is 1. The van der Waals surface area contributed by atoms with E-state index in [9.17, 15) is 9.18 Å². The van der Waals surface area contributed by atoms with E-state index in [-0.39, 0.29) is 11.7 Å². The average molecular weight is 398 g/mol. The maximum atomic E-state index is 13.6. The molecule has 1 aliphatic heterocycles. The van der Waals surface area contributed by atoms with Gasteiger partial charge >= 0.3 is 0 Å². The van der Waals surface area contributed by atoms with Gasteiger partial charge in [-0.1, -0.05) is 0 Å². The molecule has 1 heterocycles. The van der Waals surface area contributed by atoms with Crippen molar-refractivity contribution in [3.63, 3.8) is 0 Å². The van der Waals surface area contributed by atoms with Crippen molar-refractivity contribution in [2.24, 2.45) is 0 Å². The van der Waals surface area contributed by atoms with Crippen molar-refractivity contribution < 1.29 is 23.6 Å². The first-order chi connectivity index (χ1) is 14.0. The van der Waals surface area contributed by atoms with Crippen molar-refractivity contribution in [1.82, 2.24) is 4.90 Å². The lowest BCUT2D eigenvalue weighted by Crippen LogP contribution is -3.13. The zero-order chi connectivity index (χ0) is 20.8. The molecule has 1 saturated heterocycles. The molecule has 0 spiro atoms. The molecule has 0 radical (unpaired) electrons. The second-order valence-corrected chi connectivity index (χ2v) is 7.10. The normalized spacial score (nSPS) is 15.4. The first-order valence-electron chi connectivity index (χ1n) is 9.61. The molecule has 0 bridgehead atoms. The predicted molar refractivity (Wildman–Crippen MR) is 105 cm³/mol. The number of piperazine rings is 1. The Morgan fingerprint density at radius 2 is 1.93 bits per heavy atom. The summed E-state index contributed by atoms with van der Waals surface area (Å²) in [5, 5.41) is 8.85. The molecule has 2 aromatic carbocycles. The van der Waals surface area contributed by atoms with Gasteiger partial charge in [-0.15, -0.1) is 0 Å². The van der Waals surface area contributed by atoms with Crippen molar-refractivity contribution in [1.29, 1.82) is 5.26 Å². The Bertz CT molecular complexity index is 887. The summed E-state index contributed by atoms with van der Waals surface area (Å²) in [5.41, 5.74) is 1.38. The SMILES string of the molecule is COc1ccc(F)cc1C[NH+]1CCN(C(=O)[C@H](C)Oc2ccc(C#N)cc2)CC1. The number of rotatable bonds is 6. The number of hydrogen-bond donors (Lipinski definition) is 1. The van der Waals surface area contributed by atoms with Crippen LogP contribution in [0.25, 0.3) is 0 Å². The van der Waals surface area contributed by atoms with Gasteiger partial charge in [0, 0.05) is 0 Å². The van der Waals surface area contributed by atoms with Gasteiger partial charge in [-0.25, -0.2) is 4.39 Å². The van der Waals surface area contributed by atoms with Gasteiger partial charge in [0.05, 0.1) is 50.5 Å². The first-order valence-corrected chi connectivity index (χ1v) is 9.61. The van der Waals surface area contributed by atoms with Gasteiger partial charge in [-0.2, -0.15) is 5.26 Å². The molecule has 7 heteroatoms. The van der Waals surface area contributed by atoms with Gasteiger partial charge < -0.3 is 19.3 Å². The highest BCUT2D eigenvalue weighted by molar-refractivity contribution is 5.81. The predicted octanol–water partition coefficient (Wildman–Crippen LogP) is 1.40. The number of carbonyl (C=O) groups excluding carboxylic acids is 1. The molecule has 1 aliphatic rings. The average Bonchev–Trinajstić information content (AvgIpc) is 2.74. The van der Waals surface area contributed by atoms with Crippen LogP contribution in [-0.2, 0) is 11.3 Å². The summed E-state index contributed by atoms with van der Waals surface area (Å²) >= 11 is 0. The minimum Gasteiger partial charge on any atom is -0.496 e. The van der Waals surface area contributed by atoms with Crippen LogP contribution in [0.4, 0.5) is 4.39 Å². The van der Waals surface area contributed by atoms with Gasteiger partial charge in [-0.3, -0.25) is 4.79 Å². The van der Waals surface area contributed by atoms with Crippen LogP contribution in [0.2, 0.25) is 0 Å². The van der Waals surface area contributed by atoms with E-state index in [1.807, 2.05) is 0 Å². The molecule has 1 fully saturated rings. The smallest absolute Gasteiger partial charge is 0.263 e. The quantitative estimate of drug-likeness (QED) is 0.799. The van der Waals surface area contributed by atoms with E-state index < -0.39 is 6.10 Å². The van der Waals surface area contributed by atoms with E-state index in [2.05, 4.69) is 6.07 Å². The maximum Gasteiger partial charge on any atom is 0.263 e. The molecule has 1 atom stereocenters. The zero-order valence-corrected chi connectivity index (χ0v) is 16.7. The Morgan fingerprint density at radius 3 is 2.55 bits per heavy atom. The van der Waals surface area contributed by atoms with Gasteiger partial charge in [0.2, 0.25) is 0 Å². The zero-order valence-electron chi connectivity index (χ0n) is 16.7. The summed E-state index contributed by atoms with van der Waals surface area (Å²) in [4.78, 5) is 15.8. The van der Waals surface area contributed by atoms with Crippen molar-refractivity contribution in [2.75, 3.05) is 33.3 Å². The number of halogens is 1. The monoisotopic (exact) mass is 398 g/mol. The summed E-state index contributed by atoms with van der Waals surface area (Å²) in [6.07, 6.45) is -0.604. The van der Waals surface area contributed by atoms with Crippen LogP contribution in [0, 0.1) is 17.1 Å². The number of nitriles is 1. The second-order valence-electron chi connectivity index (χ2n) is 7.10. The van der Waals surface area contributed by atoms with E-state index in [4.69, 9.17) is 14.7 Å². The van der Waals surface area contributed by atoms with Crippen LogP contribution in [-0.4, -0.2) is 50.2 Å². The summed E-state index contributed by atoms with van der Waals surface area (Å²) in [7, 11) is 1.58. The molecule has 0 aromatic heterocycles. The number of amides is 1. The van der Waals surface area contributed by atoms with Crippen LogP contribution in [0.1, 0.15) is 18.1 Å². The Balaban J connectivity index is 1.52. The molecule has 3 rings (SSSR count). The third-order valence-electron chi connectivity index (χ3n) is 5.11. The molecular formula is C22H25FN3O3+. The first kappa shape index (κ1) is 20.6. The van der Waals surface area contributed by atoms with Crippen LogP contribution in [0.3, 0.4) is 0 Å². The highest BCUT2D eigenvalue weighted by Gasteiger charge is 2.28. The summed E-state index contributed by atoms with van der Waals surface area (Å²) in [5.74, 6) is 0.911. The Morgan fingerprint density at radius 1 is 1.24 bits per heavy atom. The summed E-state index contributed by atoms with van der Waals surface area (Å²) in [6, 6.07) is 13.3. The number of ether oxygens (including phenoxy) is 2. The molecule has 2 aromatic rings. The van der Waals surface area contributed by atoms with Crippen LogP contribution in [0.5, 0.6) is 11.5 Å². The highest BCUT2D eigenvalue weighted by Crippen LogP contribution is 2.18. The number of nitrogens with zero attached hydrogens (tertiary/aromatic N) is 2. The number of benzene rings is 2. The minimum atomic E-state index is -0.604. The number of methoxy groups -OCH3 is 1. The van der Waals surface area contributed by atoms with Gasteiger partial charge in [0.15, 0.2) is 6.10 Å². The van der Waals surface area contributed by atoms with Crippen molar-refractivity contribution >= 4 is 5.91 Å². The molecule has 0 saturated carbocycles. The molecule has 29 heavy (non-hydrogen) atoms. The van der Waals surface area contributed by atoms with Crippen molar-refractivity contribution in [2.45, 2.75) is 19.6 Å².